The molecule has 1 saturated carbocycles. The van der Waals surface area contributed by atoms with Crippen LogP contribution in [0.5, 0.6) is 0 Å². The maximum atomic E-state index is 11.4. The Bertz CT molecular complexity index is 314. The van der Waals surface area contributed by atoms with E-state index in [9.17, 15) is 14.7 Å². The molecule has 0 heterocycles. The summed E-state index contributed by atoms with van der Waals surface area (Å²) in [7, 11) is 0. The zero-order chi connectivity index (χ0) is 13.3. The van der Waals surface area contributed by atoms with Gasteiger partial charge >= 0.3 is 12.1 Å². The fourth-order valence-electron chi connectivity index (χ4n) is 1.12. The standard InChI is InChI=1S/C11H19NO5/c1-10(2,3)17-9(14)12-11(4,15)16-8(13)7-5-6-7/h7,15H,5-6H2,1-4H3,(H,12,14)/t11-/m0/s1. The minimum absolute atomic E-state index is 0.151. The van der Waals surface area contributed by atoms with E-state index in [1.54, 1.807) is 20.8 Å². The first-order chi connectivity index (χ1) is 7.59. The molecule has 0 spiro atoms. The van der Waals surface area contributed by atoms with Crippen molar-refractivity contribution >= 4 is 12.1 Å². The highest BCUT2D eigenvalue weighted by Crippen LogP contribution is 2.31. The van der Waals surface area contributed by atoms with Crippen molar-refractivity contribution in [2.24, 2.45) is 5.92 Å². The van der Waals surface area contributed by atoms with Crippen LogP contribution < -0.4 is 5.32 Å². The Morgan fingerprint density at radius 3 is 2.12 bits per heavy atom. The minimum atomic E-state index is -2.04. The maximum absolute atomic E-state index is 11.4. The molecule has 1 fully saturated rings. The first kappa shape index (κ1) is 13.8. The van der Waals surface area contributed by atoms with Crippen molar-refractivity contribution in [3.63, 3.8) is 0 Å². The molecule has 1 atom stereocenters. The summed E-state index contributed by atoms with van der Waals surface area (Å²) in [6.07, 6.45) is 0.689. The van der Waals surface area contributed by atoms with Gasteiger partial charge in [-0.2, -0.15) is 0 Å². The second kappa shape index (κ2) is 4.52. The number of esters is 1. The second-order valence-corrected chi connectivity index (χ2v) is 5.31. The van der Waals surface area contributed by atoms with E-state index in [2.05, 4.69) is 5.32 Å². The molecule has 6 nitrogen and oxygen atoms in total. The van der Waals surface area contributed by atoms with Crippen LogP contribution in [0.4, 0.5) is 4.79 Å². The number of hydrogen-bond acceptors (Lipinski definition) is 5. The first-order valence-corrected chi connectivity index (χ1v) is 5.55. The van der Waals surface area contributed by atoms with Crippen LogP contribution in [0.25, 0.3) is 0 Å². The van der Waals surface area contributed by atoms with Gasteiger partial charge in [0.05, 0.1) is 5.92 Å². The molecule has 17 heavy (non-hydrogen) atoms. The van der Waals surface area contributed by atoms with Gasteiger partial charge in [0.25, 0.3) is 5.91 Å². The molecule has 6 heteroatoms. The second-order valence-electron chi connectivity index (χ2n) is 5.31. The van der Waals surface area contributed by atoms with E-state index in [-0.39, 0.29) is 5.92 Å². The normalized spacial score (nSPS) is 19.1. The van der Waals surface area contributed by atoms with E-state index in [4.69, 9.17) is 9.47 Å². The zero-order valence-electron chi connectivity index (χ0n) is 10.6. The van der Waals surface area contributed by atoms with E-state index in [0.717, 1.165) is 12.8 Å². The fraction of sp³-hybridized carbons (Fsp3) is 0.818. The van der Waals surface area contributed by atoms with Crippen molar-refractivity contribution in [3.8, 4) is 0 Å². The van der Waals surface area contributed by atoms with Crippen LogP contribution in [0.3, 0.4) is 0 Å². The third-order valence-corrected chi connectivity index (χ3v) is 1.94. The SMILES string of the molecule is CC(C)(C)OC(=O)N[C@@](C)(O)OC(=O)C1CC1. The fourth-order valence-corrected chi connectivity index (χ4v) is 1.12. The minimum Gasteiger partial charge on any atom is -0.444 e. The Balaban J connectivity index is 2.42. The van der Waals surface area contributed by atoms with Crippen molar-refractivity contribution in [2.45, 2.75) is 52.0 Å². The lowest BCUT2D eigenvalue weighted by molar-refractivity contribution is -0.212. The topological polar surface area (TPSA) is 84.9 Å². The number of alkyl carbamates (subject to hydrolysis) is 1. The number of aliphatic hydroxyl groups is 1. The summed E-state index contributed by atoms with van der Waals surface area (Å²) in [6, 6.07) is 0. The Morgan fingerprint density at radius 2 is 1.71 bits per heavy atom. The lowest BCUT2D eigenvalue weighted by Crippen LogP contribution is -2.51. The number of nitrogens with one attached hydrogen (secondary N) is 1. The molecule has 1 aliphatic rings. The Kier molecular flexibility index (Phi) is 3.66. The Morgan fingerprint density at radius 1 is 1.18 bits per heavy atom. The number of rotatable bonds is 3. The van der Waals surface area contributed by atoms with E-state index in [0.29, 0.717) is 0 Å². The molecule has 1 rings (SSSR count). The Hall–Kier alpha value is -1.30. The van der Waals surface area contributed by atoms with Crippen LogP contribution in [-0.4, -0.2) is 28.7 Å². The predicted molar refractivity (Wildman–Crippen MR) is 58.8 cm³/mol. The molecule has 0 unspecified atom stereocenters. The van der Waals surface area contributed by atoms with Crippen LogP contribution in [0.15, 0.2) is 0 Å². The molecular formula is C11H19NO5. The van der Waals surface area contributed by atoms with Crippen LogP contribution in [0, 0.1) is 5.92 Å². The largest absolute Gasteiger partial charge is 0.444 e. The smallest absolute Gasteiger partial charge is 0.412 e. The predicted octanol–water partition coefficient (Wildman–Crippen LogP) is 1.13. The lowest BCUT2D eigenvalue weighted by Gasteiger charge is -2.26. The van der Waals surface area contributed by atoms with Crippen LogP contribution in [-0.2, 0) is 14.3 Å². The molecule has 0 aromatic rings. The van der Waals surface area contributed by atoms with Crippen LogP contribution in [0.2, 0.25) is 0 Å². The summed E-state index contributed by atoms with van der Waals surface area (Å²) in [5.74, 6) is -2.70. The van der Waals surface area contributed by atoms with Crippen molar-refractivity contribution in [3.05, 3.63) is 0 Å². The van der Waals surface area contributed by atoms with Crippen LogP contribution >= 0.6 is 0 Å². The monoisotopic (exact) mass is 245 g/mol. The van der Waals surface area contributed by atoms with Gasteiger partial charge < -0.3 is 14.6 Å². The van der Waals surface area contributed by atoms with Gasteiger partial charge in [0, 0.05) is 6.92 Å². The summed E-state index contributed by atoms with van der Waals surface area (Å²) in [5.41, 5.74) is -0.680. The average molecular weight is 245 g/mol. The molecule has 0 bridgehead atoms. The number of carbonyl (C=O) groups excluding carboxylic acids is 2. The number of ether oxygens (including phenoxy) is 2. The van der Waals surface area contributed by atoms with Gasteiger partial charge in [0.15, 0.2) is 0 Å². The molecule has 0 aliphatic heterocycles. The highest BCUT2D eigenvalue weighted by molar-refractivity contribution is 5.76. The maximum Gasteiger partial charge on any atom is 0.412 e. The summed E-state index contributed by atoms with van der Waals surface area (Å²) in [5, 5.41) is 11.8. The summed E-state index contributed by atoms with van der Waals surface area (Å²) >= 11 is 0. The third kappa shape index (κ3) is 5.53. The van der Waals surface area contributed by atoms with Gasteiger partial charge in [-0.15, -0.1) is 0 Å². The number of hydrogen-bond donors (Lipinski definition) is 2. The van der Waals surface area contributed by atoms with Gasteiger partial charge in [0.2, 0.25) is 0 Å². The van der Waals surface area contributed by atoms with E-state index in [1.807, 2.05) is 0 Å². The van der Waals surface area contributed by atoms with E-state index < -0.39 is 23.6 Å². The van der Waals surface area contributed by atoms with E-state index >= 15 is 0 Å². The molecule has 1 amide bonds. The quantitative estimate of drug-likeness (QED) is 0.575. The van der Waals surface area contributed by atoms with Crippen molar-refractivity contribution in [2.75, 3.05) is 0 Å². The third-order valence-electron chi connectivity index (χ3n) is 1.94. The summed E-state index contributed by atoms with van der Waals surface area (Å²) in [4.78, 5) is 22.7. The lowest BCUT2D eigenvalue weighted by atomic mass is 10.2. The molecule has 98 valence electrons. The molecular weight excluding hydrogens is 226 g/mol. The highest BCUT2D eigenvalue weighted by atomic mass is 16.7. The van der Waals surface area contributed by atoms with Gasteiger partial charge in [-0.25, -0.2) is 4.79 Å². The zero-order valence-corrected chi connectivity index (χ0v) is 10.6. The number of amides is 1. The molecule has 1 aliphatic carbocycles. The van der Waals surface area contributed by atoms with Gasteiger partial charge in [-0.1, -0.05) is 0 Å². The average Bonchev–Trinajstić information content (AvgIpc) is 2.76. The summed E-state index contributed by atoms with van der Waals surface area (Å²) in [6.45, 7) is 6.25. The molecule has 0 aromatic carbocycles. The highest BCUT2D eigenvalue weighted by Gasteiger charge is 2.37. The van der Waals surface area contributed by atoms with Gasteiger partial charge in [0.1, 0.15) is 5.60 Å². The molecule has 0 radical (unpaired) electrons. The van der Waals surface area contributed by atoms with Crippen molar-refractivity contribution in [1.82, 2.24) is 5.32 Å². The molecule has 0 aromatic heterocycles. The van der Waals surface area contributed by atoms with Crippen molar-refractivity contribution in [1.29, 1.82) is 0 Å². The first-order valence-electron chi connectivity index (χ1n) is 5.55. The van der Waals surface area contributed by atoms with Crippen molar-refractivity contribution < 1.29 is 24.2 Å². The number of carbonyl (C=O) groups is 2. The molecule has 2 N–H and O–H groups in total. The Labute approximate surface area is 100 Å². The van der Waals surface area contributed by atoms with Gasteiger partial charge in [-0.05, 0) is 33.6 Å². The molecule has 0 saturated heterocycles. The van der Waals surface area contributed by atoms with Crippen LogP contribution in [0.1, 0.15) is 40.5 Å². The van der Waals surface area contributed by atoms with E-state index in [1.165, 1.54) is 6.92 Å². The van der Waals surface area contributed by atoms with Gasteiger partial charge in [-0.3, -0.25) is 10.1 Å². The summed E-state index contributed by atoms with van der Waals surface area (Å²) < 4.78 is 9.68.